The maximum absolute atomic E-state index is 13.4. The van der Waals surface area contributed by atoms with Gasteiger partial charge in [-0.25, -0.2) is 9.59 Å². The fourth-order valence-electron chi connectivity index (χ4n) is 4.83. The topological polar surface area (TPSA) is 137 Å². The Morgan fingerprint density at radius 1 is 1.00 bits per heavy atom. The minimum Gasteiger partial charge on any atom is -0.465 e. The van der Waals surface area contributed by atoms with Gasteiger partial charge in [-0.3, -0.25) is 9.69 Å². The van der Waals surface area contributed by atoms with Crippen molar-refractivity contribution in [2.24, 2.45) is 0 Å². The van der Waals surface area contributed by atoms with E-state index < -0.39 is 30.2 Å². The van der Waals surface area contributed by atoms with Crippen LogP contribution in [0.2, 0.25) is 0 Å². The molecule has 0 aliphatic carbocycles. The molecule has 0 bridgehead atoms. The standard InChI is InChI=1S/C31H35N3O7/c1-40-30(37)33-28(17-21-11-13-23(14-12-21)22-7-3-2-4-8-22)29(36)32-27-10-6-5-9-24(27)15-16-26-18-34(31(38)39)25(19-35)20-41-26/h2-14,25-26,28,35H,15-20H2,1H3,(H,32,36)(H,33,37)(H,38,39)/t25-,26-,28+/m1/s1. The molecular formula is C31H35N3O7. The first-order valence-electron chi connectivity index (χ1n) is 13.5. The number of aliphatic hydroxyl groups is 1. The lowest BCUT2D eigenvalue weighted by Crippen LogP contribution is -2.53. The van der Waals surface area contributed by atoms with E-state index in [0.717, 1.165) is 22.3 Å². The Labute approximate surface area is 238 Å². The number of nitrogens with one attached hydrogen (secondary N) is 2. The van der Waals surface area contributed by atoms with E-state index in [1.807, 2.05) is 66.7 Å². The maximum Gasteiger partial charge on any atom is 0.407 e. The zero-order valence-electron chi connectivity index (χ0n) is 22.9. The molecule has 0 aromatic heterocycles. The number of anilines is 1. The van der Waals surface area contributed by atoms with Crippen molar-refractivity contribution in [3.63, 3.8) is 0 Å². The van der Waals surface area contributed by atoms with Crippen molar-refractivity contribution in [2.75, 3.05) is 32.2 Å². The summed E-state index contributed by atoms with van der Waals surface area (Å²) in [6, 6.07) is 23.6. The van der Waals surface area contributed by atoms with Crippen molar-refractivity contribution >= 4 is 23.8 Å². The summed E-state index contributed by atoms with van der Waals surface area (Å²) in [5.41, 5.74) is 4.44. The van der Waals surface area contributed by atoms with Crippen LogP contribution in [0.15, 0.2) is 78.9 Å². The third kappa shape index (κ3) is 8.06. The van der Waals surface area contributed by atoms with Crippen LogP contribution in [0, 0.1) is 0 Å². The number of nitrogens with zero attached hydrogens (tertiary/aromatic N) is 1. The number of aryl methyl sites for hydroxylation is 1. The molecule has 1 heterocycles. The molecule has 0 radical (unpaired) electrons. The summed E-state index contributed by atoms with van der Waals surface area (Å²) >= 11 is 0. The molecule has 3 amide bonds. The summed E-state index contributed by atoms with van der Waals surface area (Å²) in [6.07, 6.45) is -0.849. The highest BCUT2D eigenvalue weighted by atomic mass is 16.5. The van der Waals surface area contributed by atoms with Crippen LogP contribution in [0.1, 0.15) is 17.5 Å². The van der Waals surface area contributed by atoms with Crippen LogP contribution in [0.25, 0.3) is 11.1 Å². The number of methoxy groups -OCH3 is 1. The molecule has 3 aromatic carbocycles. The summed E-state index contributed by atoms with van der Waals surface area (Å²) in [5, 5.41) is 24.5. The number of hydrogen-bond donors (Lipinski definition) is 4. The number of benzene rings is 3. The van der Waals surface area contributed by atoms with Gasteiger partial charge in [0.1, 0.15) is 6.04 Å². The van der Waals surface area contributed by atoms with Crippen LogP contribution in [-0.4, -0.2) is 78.3 Å². The van der Waals surface area contributed by atoms with Gasteiger partial charge in [0.25, 0.3) is 0 Å². The lowest BCUT2D eigenvalue weighted by atomic mass is 10.00. The number of carbonyl (C=O) groups excluding carboxylic acids is 2. The molecule has 10 nitrogen and oxygen atoms in total. The van der Waals surface area contributed by atoms with Crippen molar-refractivity contribution in [1.29, 1.82) is 0 Å². The van der Waals surface area contributed by atoms with Gasteiger partial charge in [-0.15, -0.1) is 0 Å². The van der Waals surface area contributed by atoms with E-state index >= 15 is 0 Å². The van der Waals surface area contributed by atoms with Crippen LogP contribution in [0.3, 0.4) is 0 Å². The quantitative estimate of drug-likeness (QED) is 0.294. The Balaban J connectivity index is 1.42. The van der Waals surface area contributed by atoms with Crippen molar-refractivity contribution in [2.45, 2.75) is 37.5 Å². The molecule has 216 valence electrons. The Morgan fingerprint density at radius 2 is 1.68 bits per heavy atom. The highest BCUT2D eigenvalue weighted by molar-refractivity contribution is 5.97. The van der Waals surface area contributed by atoms with E-state index in [9.17, 15) is 24.6 Å². The Hall–Kier alpha value is -4.41. The third-order valence-corrected chi connectivity index (χ3v) is 7.13. The molecule has 0 spiro atoms. The molecule has 4 N–H and O–H groups in total. The van der Waals surface area contributed by atoms with Crippen LogP contribution in [-0.2, 0) is 27.1 Å². The van der Waals surface area contributed by atoms with Gasteiger partial charge in [0.15, 0.2) is 0 Å². The molecule has 1 aliphatic rings. The average molecular weight is 562 g/mol. The number of hydrogen-bond acceptors (Lipinski definition) is 6. The fraction of sp³-hybridized carbons (Fsp3) is 0.323. The van der Waals surface area contributed by atoms with Gasteiger partial charge >= 0.3 is 12.2 Å². The van der Waals surface area contributed by atoms with Crippen LogP contribution in [0.4, 0.5) is 15.3 Å². The average Bonchev–Trinajstić information content (AvgIpc) is 3.00. The number of para-hydroxylation sites is 1. The van der Waals surface area contributed by atoms with Crippen molar-refractivity contribution in [3.05, 3.63) is 90.0 Å². The number of carboxylic acid groups (broad SMARTS) is 1. The number of amides is 3. The summed E-state index contributed by atoms with van der Waals surface area (Å²) in [7, 11) is 1.25. The molecule has 1 fully saturated rings. The van der Waals surface area contributed by atoms with Crippen LogP contribution < -0.4 is 10.6 Å². The first-order chi connectivity index (χ1) is 19.9. The Morgan fingerprint density at radius 3 is 2.37 bits per heavy atom. The number of alkyl carbamates (subject to hydrolysis) is 1. The normalized spacial score (nSPS) is 17.4. The second-order valence-corrected chi connectivity index (χ2v) is 9.87. The molecule has 0 saturated carbocycles. The number of aliphatic hydroxyl groups excluding tert-OH is 1. The van der Waals surface area contributed by atoms with E-state index in [1.165, 1.54) is 12.0 Å². The molecule has 1 saturated heterocycles. The Bertz CT molecular complexity index is 1320. The lowest BCUT2D eigenvalue weighted by molar-refractivity contribution is -0.118. The lowest BCUT2D eigenvalue weighted by Gasteiger charge is -2.37. The van der Waals surface area contributed by atoms with Gasteiger partial charge in [0, 0.05) is 12.1 Å². The molecule has 1 aliphatic heterocycles. The van der Waals surface area contributed by atoms with Crippen molar-refractivity contribution < 1.29 is 34.1 Å². The SMILES string of the molecule is COC(=O)N[C@@H](Cc1ccc(-c2ccccc2)cc1)C(=O)Nc1ccccc1CC[C@@H]1CN(C(=O)O)[C@H](CO)CO1. The monoisotopic (exact) mass is 561 g/mol. The first kappa shape index (κ1) is 29.6. The van der Waals surface area contributed by atoms with E-state index in [4.69, 9.17) is 9.47 Å². The van der Waals surface area contributed by atoms with Crippen molar-refractivity contribution in [1.82, 2.24) is 10.2 Å². The third-order valence-electron chi connectivity index (χ3n) is 7.13. The summed E-state index contributed by atoms with van der Waals surface area (Å²) in [4.78, 5) is 38.3. The minimum absolute atomic E-state index is 0.124. The van der Waals surface area contributed by atoms with E-state index in [0.29, 0.717) is 18.5 Å². The molecular weight excluding hydrogens is 526 g/mol. The predicted octanol–water partition coefficient (Wildman–Crippen LogP) is 3.93. The molecule has 3 atom stereocenters. The highest BCUT2D eigenvalue weighted by Crippen LogP contribution is 2.23. The minimum atomic E-state index is -1.09. The number of morpholine rings is 1. The van der Waals surface area contributed by atoms with Gasteiger partial charge in [-0.05, 0) is 41.2 Å². The smallest absolute Gasteiger partial charge is 0.407 e. The van der Waals surface area contributed by atoms with Gasteiger partial charge in [-0.2, -0.15) is 0 Å². The largest absolute Gasteiger partial charge is 0.465 e. The molecule has 3 aromatic rings. The summed E-state index contributed by atoms with van der Waals surface area (Å²) in [5.74, 6) is -0.397. The molecule has 41 heavy (non-hydrogen) atoms. The molecule has 4 rings (SSSR count). The second-order valence-electron chi connectivity index (χ2n) is 9.87. The highest BCUT2D eigenvalue weighted by Gasteiger charge is 2.32. The van der Waals surface area contributed by atoms with Crippen molar-refractivity contribution in [3.8, 4) is 11.1 Å². The first-order valence-corrected chi connectivity index (χ1v) is 13.5. The summed E-state index contributed by atoms with van der Waals surface area (Å²) < 4.78 is 10.5. The number of ether oxygens (including phenoxy) is 2. The second kappa shape index (κ2) is 14.3. The van der Waals surface area contributed by atoms with Gasteiger partial charge in [0.2, 0.25) is 5.91 Å². The molecule has 0 unspecified atom stereocenters. The maximum atomic E-state index is 13.4. The molecule has 10 heteroatoms. The van der Waals surface area contributed by atoms with Gasteiger partial charge < -0.3 is 30.3 Å². The van der Waals surface area contributed by atoms with E-state index in [-0.39, 0.29) is 32.3 Å². The summed E-state index contributed by atoms with van der Waals surface area (Å²) in [6.45, 7) is -0.0197. The number of carbonyl (C=O) groups is 3. The Kier molecular flexibility index (Phi) is 10.3. The van der Waals surface area contributed by atoms with Crippen LogP contribution >= 0.6 is 0 Å². The fourth-order valence-corrected chi connectivity index (χ4v) is 4.83. The zero-order chi connectivity index (χ0) is 29.2. The van der Waals surface area contributed by atoms with Crippen LogP contribution in [0.5, 0.6) is 0 Å². The van der Waals surface area contributed by atoms with E-state index in [2.05, 4.69) is 10.6 Å². The zero-order valence-corrected chi connectivity index (χ0v) is 22.9. The van der Waals surface area contributed by atoms with E-state index in [1.54, 1.807) is 12.1 Å². The number of rotatable bonds is 10. The predicted molar refractivity (Wildman–Crippen MR) is 154 cm³/mol. The van der Waals surface area contributed by atoms with Gasteiger partial charge in [0.05, 0.1) is 39.0 Å². The van der Waals surface area contributed by atoms with Gasteiger partial charge in [-0.1, -0.05) is 72.8 Å².